The molecule has 1 fully saturated rings. The second-order valence-corrected chi connectivity index (χ2v) is 6.34. The van der Waals surface area contributed by atoms with Gasteiger partial charge in [-0.05, 0) is 49.8 Å². The van der Waals surface area contributed by atoms with Gasteiger partial charge in [0.2, 0.25) is 0 Å². The Morgan fingerprint density at radius 3 is 2.95 bits per heavy atom. The van der Waals surface area contributed by atoms with E-state index >= 15 is 0 Å². The maximum atomic E-state index is 11.3. The molecule has 0 bridgehead atoms. The first kappa shape index (κ1) is 15.0. The number of nitro groups is 1. The molecule has 0 radical (unpaired) electrons. The Labute approximate surface area is 123 Å². The van der Waals surface area contributed by atoms with E-state index in [-0.39, 0.29) is 16.7 Å². The average molecular weight is 296 g/mol. The summed E-state index contributed by atoms with van der Waals surface area (Å²) in [7, 11) is 0. The molecule has 1 aliphatic rings. The highest BCUT2D eigenvalue weighted by atomic mass is 32.2. The lowest BCUT2D eigenvalue weighted by atomic mass is 10.1. The van der Waals surface area contributed by atoms with Gasteiger partial charge in [-0.15, -0.1) is 0 Å². The lowest BCUT2D eigenvalue weighted by Gasteiger charge is -2.14. The van der Waals surface area contributed by atoms with Crippen LogP contribution in [0, 0.1) is 16.0 Å². The number of rotatable bonds is 6. The zero-order chi connectivity index (χ0) is 14.5. The largest absolute Gasteiger partial charge is 0.484 e. The summed E-state index contributed by atoms with van der Waals surface area (Å²) < 4.78 is 5.53. The summed E-state index contributed by atoms with van der Waals surface area (Å²) in [5.74, 6) is 3.23. The van der Waals surface area contributed by atoms with Gasteiger partial charge in [-0.25, -0.2) is 0 Å². The molecule has 0 spiro atoms. The minimum absolute atomic E-state index is 0.0341. The fourth-order valence-electron chi connectivity index (χ4n) is 2.20. The van der Waals surface area contributed by atoms with E-state index in [4.69, 9.17) is 4.74 Å². The normalized spacial score (nSPS) is 18.2. The molecule has 0 saturated carbocycles. The van der Waals surface area contributed by atoms with Crippen LogP contribution in [-0.2, 0) is 0 Å². The monoisotopic (exact) mass is 296 g/mol. The van der Waals surface area contributed by atoms with Gasteiger partial charge in [-0.1, -0.05) is 6.07 Å². The van der Waals surface area contributed by atoms with Crippen molar-refractivity contribution in [1.29, 1.82) is 0 Å². The van der Waals surface area contributed by atoms with Crippen LogP contribution in [0.1, 0.15) is 20.3 Å². The standard InChI is InChI=1S/C14H20N2O3S/c1-10(2)19-13-5-3-4-12(14(13)16(17)18)15-8-11-6-7-20-9-11/h3-5,10-11,15H,6-9H2,1-2H3. The van der Waals surface area contributed by atoms with Crippen molar-refractivity contribution in [1.82, 2.24) is 0 Å². The Bertz CT molecular complexity index is 473. The smallest absolute Gasteiger partial charge is 0.333 e. The maximum absolute atomic E-state index is 11.3. The van der Waals surface area contributed by atoms with Crippen molar-refractivity contribution in [2.24, 2.45) is 5.92 Å². The van der Waals surface area contributed by atoms with Crippen LogP contribution >= 0.6 is 11.8 Å². The summed E-state index contributed by atoms with van der Waals surface area (Å²) in [4.78, 5) is 10.9. The number of thioether (sulfide) groups is 1. The molecule has 2 rings (SSSR count). The van der Waals surface area contributed by atoms with Crippen molar-refractivity contribution >= 4 is 23.1 Å². The molecule has 5 nitrogen and oxygen atoms in total. The summed E-state index contributed by atoms with van der Waals surface area (Å²) in [5, 5.41) is 14.5. The van der Waals surface area contributed by atoms with Gasteiger partial charge in [0.15, 0.2) is 5.75 Å². The van der Waals surface area contributed by atoms with Gasteiger partial charge in [0.1, 0.15) is 5.69 Å². The number of para-hydroxylation sites is 1. The third kappa shape index (κ3) is 3.79. The Morgan fingerprint density at radius 1 is 1.55 bits per heavy atom. The molecule has 1 saturated heterocycles. The van der Waals surface area contributed by atoms with E-state index in [0.29, 0.717) is 17.4 Å². The number of nitrogens with zero attached hydrogens (tertiary/aromatic N) is 1. The van der Waals surface area contributed by atoms with E-state index in [2.05, 4.69) is 5.32 Å². The first-order valence-corrected chi connectivity index (χ1v) is 7.99. The molecular formula is C14H20N2O3S. The molecule has 1 aromatic carbocycles. The quantitative estimate of drug-likeness (QED) is 0.642. The van der Waals surface area contributed by atoms with Crippen molar-refractivity contribution in [2.45, 2.75) is 26.4 Å². The van der Waals surface area contributed by atoms with Crippen LogP contribution in [0.25, 0.3) is 0 Å². The molecule has 110 valence electrons. The van der Waals surface area contributed by atoms with Crippen LogP contribution < -0.4 is 10.1 Å². The molecule has 20 heavy (non-hydrogen) atoms. The molecule has 1 unspecified atom stereocenters. The zero-order valence-corrected chi connectivity index (χ0v) is 12.6. The predicted octanol–water partition coefficient (Wildman–Crippen LogP) is 3.55. The number of hydrogen-bond acceptors (Lipinski definition) is 5. The van der Waals surface area contributed by atoms with E-state index in [9.17, 15) is 10.1 Å². The van der Waals surface area contributed by atoms with Crippen molar-refractivity contribution < 1.29 is 9.66 Å². The molecule has 0 amide bonds. The summed E-state index contributed by atoms with van der Waals surface area (Å²) >= 11 is 1.94. The molecular weight excluding hydrogens is 276 g/mol. The topological polar surface area (TPSA) is 64.4 Å². The Balaban J connectivity index is 2.15. The number of benzene rings is 1. The second kappa shape index (κ2) is 6.83. The number of nitro benzene ring substituents is 1. The highest BCUT2D eigenvalue weighted by Crippen LogP contribution is 2.36. The summed E-state index contributed by atoms with van der Waals surface area (Å²) in [6.45, 7) is 4.50. The second-order valence-electron chi connectivity index (χ2n) is 5.19. The van der Waals surface area contributed by atoms with Gasteiger partial charge in [-0.2, -0.15) is 11.8 Å². The van der Waals surface area contributed by atoms with Gasteiger partial charge in [0.25, 0.3) is 0 Å². The van der Waals surface area contributed by atoms with Crippen LogP contribution in [0.3, 0.4) is 0 Å². The molecule has 0 aromatic heterocycles. The van der Waals surface area contributed by atoms with Gasteiger partial charge in [-0.3, -0.25) is 10.1 Å². The minimum atomic E-state index is -0.372. The Kier molecular flexibility index (Phi) is 5.11. The average Bonchev–Trinajstić information content (AvgIpc) is 2.88. The highest BCUT2D eigenvalue weighted by molar-refractivity contribution is 7.99. The lowest BCUT2D eigenvalue weighted by molar-refractivity contribution is -0.385. The lowest BCUT2D eigenvalue weighted by Crippen LogP contribution is -2.15. The number of hydrogen-bond donors (Lipinski definition) is 1. The van der Waals surface area contributed by atoms with Crippen LogP contribution in [0.5, 0.6) is 5.75 Å². The third-order valence-electron chi connectivity index (χ3n) is 3.15. The predicted molar refractivity (Wildman–Crippen MR) is 82.8 cm³/mol. The zero-order valence-electron chi connectivity index (χ0n) is 11.8. The molecule has 1 atom stereocenters. The molecule has 0 aliphatic carbocycles. The summed E-state index contributed by atoms with van der Waals surface area (Å²) in [6.07, 6.45) is 1.09. The molecule has 1 N–H and O–H groups in total. The van der Waals surface area contributed by atoms with Gasteiger partial charge < -0.3 is 10.1 Å². The van der Waals surface area contributed by atoms with Crippen LogP contribution in [0.15, 0.2) is 18.2 Å². The minimum Gasteiger partial charge on any atom is -0.484 e. The van der Waals surface area contributed by atoms with Crippen LogP contribution in [-0.4, -0.2) is 29.1 Å². The molecule has 6 heteroatoms. The van der Waals surface area contributed by atoms with Crippen molar-refractivity contribution in [3.8, 4) is 5.75 Å². The third-order valence-corrected chi connectivity index (χ3v) is 4.38. The van der Waals surface area contributed by atoms with Gasteiger partial charge >= 0.3 is 5.69 Å². The van der Waals surface area contributed by atoms with E-state index in [1.165, 1.54) is 12.2 Å². The number of nitrogens with one attached hydrogen (secondary N) is 1. The highest BCUT2D eigenvalue weighted by Gasteiger charge is 2.23. The fourth-order valence-corrected chi connectivity index (χ4v) is 3.49. The van der Waals surface area contributed by atoms with E-state index in [1.807, 2.05) is 25.6 Å². The van der Waals surface area contributed by atoms with Crippen molar-refractivity contribution in [3.63, 3.8) is 0 Å². The van der Waals surface area contributed by atoms with E-state index < -0.39 is 0 Å². The SMILES string of the molecule is CC(C)Oc1cccc(NCC2CCSC2)c1[N+](=O)[O-]. The van der Waals surface area contributed by atoms with Crippen molar-refractivity contribution in [3.05, 3.63) is 28.3 Å². The molecule has 1 heterocycles. The van der Waals surface area contributed by atoms with Gasteiger partial charge in [0.05, 0.1) is 11.0 Å². The first-order valence-electron chi connectivity index (χ1n) is 6.83. The summed E-state index contributed by atoms with van der Waals surface area (Å²) in [6, 6.07) is 5.18. The fraction of sp³-hybridized carbons (Fsp3) is 0.571. The Morgan fingerprint density at radius 2 is 2.35 bits per heavy atom. The van der Waals surface area contributed by atoms with E-state index in [0.717, 1.165) is 12.3 Å². The maximum Gasteiger partial charge on any atom is 0.333 e. The van der Waals surface area contributed by atoms with E-state index in [1.54, 1.807) is 18.2 Å². The first-order chi connectivity index (χ1) is 9.58. The van der Waals surface area contributed by atoms with Crippen LogP contribution in [0.2, 0.25) is 0 Å². The van der Waals surface area contributed by atoms with Gasteiger partial charge in [0, 0.05) is 6.54 Å². The van der Waals surface area contributed by atoms with Crippen molar-refractivity contribution in [2.75, 3.05) is 23.4 Å². The molecule has 1 aromatic rings. The number of anilines is 1. The van der Waals surface area contributed by atoms with Crippen LogP contribution in [0.4, 0.5) is 11.4 Å². The number of ether oxygens (including phenoxy) is 1. The summed E-state index contributed by atoms with van der Waals surface area (Å²) in [5.41, 5.74) is 0.580. The molecule has 1 aliphatic heterocycles. The Hall–Kier alpha value is -1.43.